The van der Waals surface area contributed by atoms with Gasteiger partial charge in [0.05, 0.1) is 11.1 Å². The van der Waals surface area contributed by atoms with Crippen molar-refractivity contribution in [1.82, 2.24) is 4.57 Å². The summed E-state index contributed by atoms with van der Waals surface area (Å²) in [6, 6.07) is 22.2. The van der Waals surface area contributed by atoms with Crippen LogP contribution in [0.5, 0.6) is 0 Å². The van der Waals surface area contributed by atoms with Gasteiger partial charge in [0.15, 0.2) is 0 Å². The van der Waals surface area contributed by atoms with Crippen molar-refractivity contribution >= 4 is 34.4 Å². The molecule has 0 unspecified atom stereocenters. The highest BCUT2D eigenvalue weighted by atomic mass is 35.5. The van der Waals surface area contributed by atoms with E-state index in [4.69, 9.17) is 16.4 Å². The molecule has 0 fully saturated rings. The first-order valence-corrected chi connectivity index (χ1v) is 9.69. The topological polar surface area (TPSA) is 69.7 Å². The molecular formula is C23H18ClN3O3. The highest BCUT2D eigenvalue weighted by Gasteiger charge is 2.08. The highest BCUT2D eigenvalue weighted by Crippen LogP contribution is 2.22. The number of fused-ring (bicyclic) bond motifs is 1. The number of para-hydroxylation sites is 1. The number of rotatable bonds is 7. The van der Waals surface area contributed by atoms with Gasteiger partial charge in [0.1, 0.15) is 6.61 Å². The van der Waals surface area contributed by atoms with Gasteiger partial charge < -0.3 is 9.40 Å². The molecular weight excluding hydrogens is 402 g/mol. The zero-order valence-corrected chi connectivity index (χ0v) is 16.7. The number of halogens is 1. The van der Waals surface area contributed by atoms with Gasteiger partial charge in [-0.2, -0.15) is 0 Å². The molecule has 0 saturated carbocycles. The third-order valence-electron chi connectivity index (χ3n) is 4.70. The number of nitrogens with zero attached hydrogens (tertiary/aromatic N) is 3. The Morgan fingerprint density at radius 2 is 1.83 bits per heavy atom. The molecule has 4 aromatic rings. The van der Waals surface area contributed by atoms with Crippen molar-refractivity contribution in [2.45, 2.75) is 13.2 Å². The molecule has 0 spiro atoms. The van der Waals surface area contributed by atoms with E-state index in [1.54, 1.807) is 18.3 Å². The summed E-state index contributed by atoms with van der Waals surface area (Å²) in [4.78, 5) is 15.8. The van der Waals surface area contributed by atoms with Crippen LogP contribution in [0.4, 0.5) is 5.69 Å². The Morgan fingerprint density at radius 1 is 1.03 bits per heavy atom. The molecule has 0 aliphatic rings. The zero-order valence-electron chi connectivity index (χ0n) is 15.9. The summed E-state index contributed by atoms with van der Waals surface area (Å²) in [5.41, 5.74) is 3.88. The van der Waals surface area contributed by atoms with Crippen LogP contribution in [0, 0.1) is 10.1 Å². The van der Waals surface area contributed by atoms with Gasteiger partial charge in [-0.25, -0.2) is 0 Å². The smallest absolute Gasteiger partial charge is 0.269 e. The molecule has 30 heavy (non-hydrogen) atoms. The minimum Gasteiger partial charge on any atom is -0.391 e. The van der Waals surface area contributed by atoms with Crippen LogP contribution in [0.2, 0.25) is 5.02 Å². The molecule has 0 saturated heterocycles. The van der Waals surface area contributed by atoms with Crippen molar-refractivity contribution in [2.75, 3.05) is 0 Å². The molecule has 1 aromatic heterocycles. The van der Waals surface area contributed by atoms with Crippen molar-refractivity contribution in [2.24, 2.45) is 5.16 Å². The summed E-state index contributed by atoms with van der Waals surface area (Å²) >= 11 is 5.98. The van der Waals surface area contributed by atoms with E-state index in [0.29, 0.717) is 17.1 Å². The lowest BCUT2D eigenvalue weighted by molar-refractivity contribution is -0.384. The fourth-order valence-corrected chi connectivity index (χ4v) is 3.39. The number of aromatic nitrogens is 1. The van der Waals surface area contributed by atoms with Crippen molar-refractivity contribution in [3.8, 4) is 0 Å². The van der Waals surface area contributed by atoms with Crippen LogP contribution in [0.1, 0.15) is 16.7 Å². The van der Waals surface area contributed by atoms with E-state index < -0.39 is 4.92 Å². The third-order valence-corrected chi connectivity index (χ3v) is 4.96. The van der Waals surface area contributed by atoms with Crippen LogP contribution >= 0.6 is 11.6 Å². The second kappa shape index (κ2) is 8.80. The Kier molecular flexibility index (Phi) is 5.77. The number of hydrogen-bond donors (Lipinski definition) is 0. The molecule has 6 nitrogen and oxygen atoms in total. The van der Waals surface area contributed by atoms with Crippen LogP contribution < -0.4 is 0 Å². The van der Waals surface area contributed by atoms with Crippen LogP contribution in [-0.4, -0.2) is 15.7 Å². The average Bonchev–Trinajstić information content (AvgIpc) is 3.10. The quantitative estimate of drug-likeness (QED) is 0.216. The van der Waals surface area contributed by atoms with Gasteiger partial charge in [0.25, 0.3) is 5.69 Å². The average molecular weight is 420 g/mol. The number of non-ortho nitro benzene ring substituents is 1. The zero-order chi connectivity index (χ0) is 20.9. The summed E-state index contributed by atoms with van der Waals surface area (Å²) in [5, 5.41) is 16.7. The monoisotopic (exact) mass is 419 g/mol. The Balaban J connectivity index is 1.50. The molecule has 4 rings (SSSR count). The Hall–Kier alpha value is -3.64. The van der Waals surface area contributed by atoms with E-state index in [9.17, 15) is 10.1 Å². The summed E-state index contributed by atoms with van der Waals surface area (Å²) in [6.07, 6.45) is 3.69. The number of nitro groups is 1. The molecule has 0 aliphatic heterocycles. The molecule has 0 aliphatic carbocycles. The normalized spacial score (nSPS) is 11.2. The van der Waals surface area contributed by atoms with Gasteiger partial charge in [-0.1, -0.05) is 59.2 Å². The lowest BCUT2D eigenvalue weighted by Gasteiger charge is -2.05. The molecule has 3 aromatic carbocycles. The first kappa shape index (κ1) is 19.7. The van der Waals surface area contributed by atoms with Gasteiger partial charge in [-0.05, 0) is 29.3 Å². The van der Waals surface area contributed by atoms with E-state index in [-0.39, 0.29) is 12.3 Å². The van der Waals surface area contributed by atoms with Gasteiger partial charge in [0, 0.05) is 46.4 Å². The van der Waals surface area contributed by atoms with Crippen molar-refractivity contribution < 1.29 is 9.76 Å². The maximum atomic E-state index is 10.9. The number of oxime groups is 1. The first-order chi connectivity index (χ1) is 14.6. The van der Waals surface area contributed by atoms with Gasteiger partial charge in [-0.15, -0.1) is 0 Å². The standard InChI is InChI=1S/C23H18ClN3O3/c24-20-10-8-17(9-11-20)14-26-15-19(22-6-1-2-7-23(22)26)13-25-30-16-18-4-3-5-21(12-18)27(28)29/h1-13,15H,14,16H2/b25-13-. The molecule has 7 heteroatoms. The minimum atomic E-state index is -0.428. The van der Waals surface area contributed by atoms with Crippen molar-refractivity contribution in [3.05, 3.63) is 111 Å². The lowest BCUT2D eigenvalue weighted by Crippen LogP contribution is -1.97. The van der Waals surface area contributed by atoms with E-state index >= 15 is 0 Å². The van der Waals surface area contributed by atoms with Crippen LogP contribution in [0.3, 0.4) is 0 Å². The lowest BCUT2D eigenvalue weighted by atomic mass is 10.2. The SMILES string of the molecule is O=[N+]([O-])c1cccc(CO/N=C\c2cn(Cc3ccc(Cl)cc3)c3ccccc23)c1. The number of hydrogen-bond acceptors (Lipinski definition) is 4. The fourth-order valence-electron chi connectivity index (χ4n) is 3.26. The van der Waals surface area contributed by atoms with E-state index in [0.717, 1.165) is 22.0 Å². The predicted molar refractivity (Wildman–Crippen MR) is 118 cm³/mol. The molecule has 1 heterocycles. The van der Waals surface area contributed by atoms with E-state index in [1.807, 2.05) is 48.7 Å². The molecule has 150 valence electrons. The van der Waals surface area contributed by atoms with Crippen LogP contribution in [-0.2, 0) is 18.0 Å². The molecule has 0 bridgehead atoms. The maximum Gasteiger partial charge on any atom is 0.269 e. The summed E-state index contributed by atoms with van der Waals surface area (Å²) in [6.45, 7) is 0.863. The Morgan fingerprint density at radius 3 is 2.63 bits per heavy atom. The molecule has 0 N–H and O–H groups in total. The van der Waals surface area contributed by atoms with E-state index in [2.05, 4.69) is 15.8 Å². The largest absolute Gasteiger partial charge is 0.391 e. The van der Waals surface area contributed by atoms with Gasteiger partial charge >= 0.3 is 0 Å². The Labute approximate surface area is 178 Å². The van der Waals surface area contributed by atoms with Crippen LogP contribution in [0.15, 0.2) is 84.1 Å². The van der Waals surface area contributed by atoms with Crippen LogP contribution in [0.25, 0.3) is 10.9 Å². The van der Waals surface area contributed by atoms with Gasteiger partial charge in [-0.3, -0.25) is 10.1 Å². The van der Waals surface area contributed by atoms with Gasteiger partial charge in [0.2, 0.25) is 0 Å². The van der Waals surface area contributed by atoms with E-state index in [1.165, 1.54) is 12.1 Å². The fraction of sp³-hybridized carbons (Fsp3) is 0.0870. The minimum absolute atomic E-state index is 0.0327. The summed E-state index contributed by atoms with van der Waals surface area (Å²) < 4.78 is 2.15. The predicted octanol–water partition coefficient (Wildman–Crippen LogP) is 5.80. The number of benzene rings is 3. The molecule has 0 atom stereocenters. The van der Waals surface area contributed by atoms with Crippen molar-refractivity contribution in [3.63, 3.8) is 0 Å². The molecule has 0 amide bonds. The number of nitro benzene ring substituents is 1. The summed E-state index contributed by atoms with van der Waals surface area (Å²) in [5.74, 6) is 0. The maximum absolute atomic E-state index is 10.9. The second-order valence-electron chi connectivity index (χ2n) is 6.79. The first-order valence-electron chi connectivity index (χ1n) is 9.31. The van der Waals surface area contributed by atoms with Crippen molar-refractivity contribution in [1.29, 1.82) is 0 Å². The molecule has 0 radical (unpaired) electrons. The Bertz CT molecular complexity index is 1220. The second-order valence-corrected chi connectivity index (χ2v) is 7.23. The summed E-state index contributed by atoms with van der Waals surface area (Å²) in [7, 11) is 0. The third kappa shape index (κ3) is 4.50. The highest BCUT2D eigenvalue weighted by molar-refractivity contribution is 6.30.